The average molecular weight is 532 g/mol. The molecule has 6 aromatic rings. The van der Waals surface area contributed by atoms with Gasteiger partial charge in [0.2, 0.25) is 5.91 Å². The molecule has 1 aliphatic heterocycles. The van der Waals surface area contributed by atoms with E-state index >= 15 is 0 Å². The van der Waals surface area contributed by atoms with Crippen LogP contribution in [0.25, 0.3) is 21.8 Å². The number of hydrogen-bond acceptors (Lipinski definition) is 1. The monoisotopic (exact) mass is 531 g/mol. The van der Waals surface area contributed by atoms with Crippen LogP contribution in [0.2, 0.25) is 0 Å². The Hall–Kier alpha value is -4.09. The molecule has 4 aromatic carbocycles. The number of amides is 1. The Balaban J connectivity index is 1.58. The van der Waals surface area contributed by atoms with Crippen molar-refractivity contribution in [3.8, 4) is 0 Å². The SMILES string of the molecule is O=C1N(Cc2ccccc2)c2ccccc2C1(c1c[nH]c2ccccc12)c1c[nH]c2ccc(Br)cc12. The largest absolute Gasteiger partial charge is 0.361 e. The lowest BCUT2D eigenvalue weighted by molar-refractivity contribution is -0.120. The van der Waals surface area contributed by atoms with Gasteiger partial charge >= 0.3 is 0 Å². The summed E-state index contributed by atoms with van der Waals surface area (Å²) in [6, 6.07) is 32.8. The van der Waals surface area contributed by atoms with Crippen LogP contribution >= 0.6 is 15.9 Å². The summed E-state index contributed by atoms with van der Waals surface area (Å²) in [4.78, 5) is 23.8. The summed E-state index contributed by atoms with van der Waals surface area (Å²) in [5.41, 5.74) is 5.96. The van der Waals surface area contributed by atoms with Crippen LogP contribution in [-0.4, -0.2) is 15.9 Å². The number of carbonyl (C=O) groups is 1. The van der Waals surface area contributed by atoms with Crippen molar-refractivity contribution in [1.82, 2.24) is 9.97 Å². The number of anilines is 1. The first-order chi connectivity index (χ1) is 17.7. The second kappa shape index (κ2) is 7.97. The Bertz CT molecular complexity index is 1770. The van der Waals surface area contributed by atoms with Gasteiger partial charge in [0, 0.05) is 61.0 Å². The van der Waals surface area contributed by atoms with Crippen molar-refractivity contribution in [2.75, 3.05) is 4.90 Å². The Morgan fingerprint density at radius 3 is 2.19 bits per heavy atom. The number of fused-ring (bicyclic) bond motifs is 3. The maximum Gasteiger partial charge on any atom is 0.247 e. The average Bonchev–Trinajstić information content (AvgIpc) is 3.59. The standard InChI is InChI=1S/C31H22BrN3O/c32-21-14-15-28-23(16-21)26(18-34-28)31(25-17-33-27-12-6-4-10-22(25)27)24-11-5-7-13-29(24)35(30(31)36)19-20-8-2-1-3-9-20/h1-18,33-34H,19H2. The van der Waals surface area contributed by atoms with Gasteiger partial charge in [-0.15, -0.1) is 0 Å². The van der Waals surface area contributed by atoms with Crippen LogP contribution in [0.3, 0.4) is 0 Å². The highest BCUT2D eigenvalue weighted by Gasteiger charge is 2.55. The fraction of sp³-hybridized carbons (Fsp3) is 0.0645. The van der Waals surface area contributed by atoms with Crippen LogP contribution in [0.5, 0.6) is 0 Å². The van der Waals surface area contributed by atoms with E-state index in [9.17, 15) is 4.79 Å². The van der Waals surface area contributed by atoms with E-state index in [1.807, 2.05) is 65.8 Å². The molecule has 174 valence electrons. The molecule has 1 aliphatic rings. The zero-order chi connectivity index (χ0) is 24.3. The lowest BCUT2D eigenvalue weighted by Crippen LogP contribution is -2.41. The van der Waals surface area contributed by atoms with E-state index in [0.717, 1.165) is 54.2 Å². The molecule has 0 aliphatic carbocycles. The number of H-pyrrole nitrogens is 2. The van der Waals surface area contributed by atoms with Gasteiger partial charge in [0.25, 0.3) is 0 Å². The molecule has 0 bridgehead atoms. The zero-order valence-electron chi connectivity index (χ0n) is 19.3. The van der Waals surface area contributed by atoms with Gasteiger partial charge in [-0.1, -0.05) is 82.7 Å². The maximum atomic E-state index is 14.9. The third-order valence-electron chi connectivity index (χ3n) is 7.39. The molecule has 5 heteroatoms. The van der Waals surface area contributed by atoms with Crippen LogP contribution in [0, 0.1) is 0 Å². The molecule has 2 N–H and O–H groups in total. The van der Waals surface area contributed by atoms with E-state index in [4.69, 9.17) is 0 Å². The molecular formula is C31H22BrN3O. The molecule has 0 fully saturated rings. The van der Waals surface area contributed by atoms with Crippen molar-refractivity contribution in [3.63, 3.8) is 0 Å². The van der Waals surface area contributed by atoms with Gasteiger partial charge in [0.15, 0.2) is 0 Å². The van der Waals surface area contributed by atoms with Crippen LogP contribution in [-0.2, 0) is 16.8 Å². The minimum atomic E-state index is -1.01. The molecule has 0 radical (unpaired) electrons. The molecule has 2 aromatic heterocycles. The van der Waals surface area contributed by atoms with E-state index in [1.165, 1.54) is 0 Å². The predicted octanol–water partition coefficient (Wildman–Crippen LogP) is 7.29. The molecule has 0 saturated heterocycles. The van der Waals surface area contributed by atoms with Gasteiger partial charge in [0.05, 0.1) is 6.54 Å². The summed E-state index contributed by atoms with van der Waals surface area (Å²) in [7, 11) is 0. The van der Waals surface area contributed by atoms with Crippen molar-refractivity contribution in [3.05, 3.63) is 136 Å². The molecule has 0 spiro atoms. The number of nitrogens with one attached hydrogen (secondary N) is 2. The third-order valence-corrected chi connectivity index (χ3v) is 7.88. The molecule has 7 rings (SSSR count). The van der Waals surface area contributed by atoms with Crippen molar-refractivity contribution >= 4 is 49.3 Å². The van der Waals surface area contributed by atoms with Gasteiger partial charge in [-0.2, -0.15) is 0 Å². The van der Waals surface area contributed by atoms with Gasteiger partial charge in [-0.05, 0) is 35.9 Å². The Morgan fingerprint density at radius 2 is 1.36 bits per heavy atom. The van der Waals surface area contributed by atoms with E-state index in [1.54, 1.807) is 0 Å². The fourth-order valence-corrected chi connectivity index (χ4v) is 6.19. The number of carbonyl (C=O) groups excluding carboxylic acids is 1. The third kappa shape index (κ3) is 2.90. The van der Waals surface area contributed by atoms with E-state index in [0.29, 0.717) is 6.54 Å². The van der Waals surface area contributed by atoms with Gasteiger partial charge in [-0.25, -0.2) is 0 Å². The number of nitrogens with zero attached hydrogens (tertiary/aromatic N) is 1. The number of halogens is 1. The molecule has 3 heterocycles. The summed E-state index contributed by atoms with van der Waals surface area (Å²) < 4.78 is 0.977. The number of aromatic nitrogens is 2. The lowest BCUT2D eigenvalue weighted by Gasteiger charge is -2.29. The predicted molar refractivity (Wildman–Crippen MR) is 148 cm³/mol. The summed E-state index contributed by atoms with van der Waals surface area (Å²) >= 11 is 3.65. The normalized spacial score (nSPS) is 17.2. The first-order valence-electron chi connectivity index (χ1n) is 12.0. The minimum absolute atomic E-state index is 0.0539. The Kier molecular flexibility index (Phi) is 4.70. The topological polar surface area (TPSA) is 51.9 Å². The van der Waals surface area contributed by atoms with E-state index < -0.39 is 5.41 Å². The summed E-state index contributed by atoms with van der Waals surface area (Å²) in [5, 5.41) is 2.07. The van der Waals surface area contributed by atoms with Crippen molar-refractivity contribution in [2.45, 2.75) is 12.0 Å². The molecule has 1 amide bonds. The van der Waals surface area contributed by atoms with Crippen molar-refractivity contribution < 1.29 is 4.79 Å². The second-order valence-electron chi connectivity index (χ2n) is 9.28. The van der Waals surface area contributed by atoms with E-state index in [2.05, 4.69) is 74.4 Å². The molecular weight excluding hydrogens is 510 g/mol. The van der Waals surface area contributed by atoms with Crippen molar-refractivity contribution in [2.24, 2.45) is 0 Å². The summed E-state index contributed by atoms with van der Waals surface area (Å²) in [6.45, 7) is 0.507. The summed E-state index contributed by atoms with van der Waals surface area (Å²) in [5.74, 6) is 0.0539. The fourth-order valence-electron chi connectivity index (χ4n) is 5.83. The van der Waals surface area contributed by atoms with Crippen molar-refractivity contribution in [1.29, 1.82) is 0 Å². The lowest BCUT2D eigenvalue weighted by atomic mass is 9.70. The number of benzene rings is 4. The molecule has 36 heavy (non-hydrogen) atoms. The van der Waals surface area contributed by atoms with Crippen LogP contribution in [0.15, 0.2) is 114 Å². The molecule has 4 nitrogen and oxygen atoms in total. The summed E-state index contributed by atoms with van der Waals surface area (Å²) in [6.07, 6.45) is 4.03. The number of hydrogen-bond donors (Lipinski definition) is 2. The molecule has 1 atom stereocenters. The van der Waals surface area contributed by atoms with Gasteiger partial charge < -0.3 is 14.9 Å². The van der Waals surface area contributed by atoms with Gasteiger partial charge in [-0.3, -0.25) is 4.79 Å². The number of aromatic amines is 2. The van der Waals surface area contributed by atoms with Crippen LogP contribution in [0.4, 0.5) is 5.69 Å². The first-order valence-corrected chi connectivity index (χ1v) is 12.8. The maximum absolute atomic E-state index is 14.9. The highest BCUT2D eigenvalue weighted by Crippen LogP contribution is 2.54. The zero-order valence-corrected chi connectivity index (χ0v) is 20.9. The smallest absolute Gasteiger partial charge is 0.247 e. The van der Waals surface area contributed by atoms with E-state index in [-0.39, 0.29) is 5.91 Å². The van der Waals surface area contributed by atoms with Crippen LogP contribution < -0.4 is 4.90 Å². The van der Waals surface area contributed by atoms with Gasteiger partial charge in [0.1, 0.15) is 5.41 Å². The molecule has 0 saturated carbocycles. The Morgan fingerprint density at radius 1 is 0.694 bits per heavy atom. The quantitative estimate of drug-likeness (QED) is 0.246. The highest BCUT2D eigenvalue weighted by molar-refractivity contribution is 9.10. The first kappa shape index (κ1) is 21.2. The molecule has 1 unspecified atom stereocenters. The second-order valence-corrected chi connectivity index (χ2v) is 10.2. The minimum Gasteiger partial charge on any atom is -0.361 e. The number of rotatable bonds is 4. The van der Waals surface area contributed by atoms with Crippen LogP contribution in [0.1, 0.15) is 22.3 Å². The number of para-hydroxylation sites is 2. The highest BCUT2D eigenvalue weighted by atomic mass is 79.9. The Labute approximate surface area is 216 Å².